The van der Waals surface area contributed by atoms with Crippen molar-refractivity contribution in [3.63, 3.8) is 0 Å². The summed E-state index contributed by atoms with van der Waals surface area (Å²) < 4.78 is 11.8. The van der Waals surface area contributed by atoms with Gasteiger partial charge in [0, 0.05) is 36.4 Å². The van der Waals surface area contributed by atoms with Crippen molar-refractivity contribution in [2.24, 2.45) is 0 Å². The number of esters is 2. The number of carboxylic acid groups (broad SMARTS) is 1. The van der Waals surface area contributed by atoms with Crippen molar-refractivity contribution in [1.82, 2.24) is 8.01 Å². The van der Waals surface area contributed by atoms with E-state index >= 15 is 0 Å². The van der Waals surface area contributed by atoms with Gasteiger partial charge in [-0.25, -0.2) is 9.59 Å². The second-order valence-electron chi connectivity index (χ2n) is 9.78. The standard InChI is InChI=1S/C14H16N2O5.C8H15INO2.C7H5NO4/c1-21-14(18)12-7-2-3-8-15(12)13(17)10-5-4-6-11(9-10)16(19)20;1-9-10-6-4-3-5-7(10)8(11)12-2;9-7(10)5-2-1-3-6(4-5)8(11)12/h4-6,9,12H,2-3,7-8H2,1H3;7H,3-6H2,1-2H3;1-4H,(H,9,10)/q;-1;. The van der Waals surface area contributed by atoms with Crippen LogP contribution in [0.5, 0.6) is 0 Å². The van der Waals surface area contributed by atoms with Crippen molar-refractivity contribution in [2.45, 2.75) is 50.6 Å². The van der Waals surface area contributed by atoms with E-state index in [1.54, 1.807) is 0 Å². The molecule has 0 spiro atoms. The number of non-ortho nitro benzene ring substituents is 2. The molecule has 0 saturated carbocycles. The van der Waals surface area contributed by atoms with Crippen LogP contribution in [0, 0.1) is 20.2 Å². The Labute approximate surface area is 270 Å². The Kier molecular flexibility index (Phi) is 15.3. The van der Waals surface area contributed by atoms with Crippen LogP contribution in [-0.2, 0) is 19.1 Å². The largest absolute Gasteiger partial charge is 0.478 e. The number of aromatic carboxylic acids is 1. The van der Waals surface area contributed by atoms with Gasteiger partial charge in [-0.05, 0) is 31.4 Å². The summed E-state index contributed by atoms with van der Waals surface area (Å²) in [5.41, 5.74) is -0.230. The monoisotopic (exact) mass is 743 g/mol. The summed E-state index contributed by atoms with van der Waals surface area (Å²) in [5.74, 6) is -2.04. The Balaban J connectivity index is 0.000000252. The number of amides is 1. The van der Waals surface area contributed by atoms with Gasteiger partial charge in [0.05, 0.1) is 22.5 Å². The summed E-state index contributed by atoms with van der Waals surface area (Å²) in [7, 11) is 2.76. The number of methoxy groups -OCH3 is 2. The molecule has 0 radical (unpaired) electrons. The van der Waals surface area contributed by atoms with E-state index in [1.807, 2.05) is 0 Å². The van der Waals surface area contributed by atoms with E-state index in [0.29, 0.717) is 13.0 Å². The average molecular weight is 744 g/mol. The number of alkyl halides is 1. The number of piperidine rings is 2. The third-order valence-corrected chi connectivity index (χ3v) is 9.37. The third kappa shape index (κ3) is 11.0. The van der Waals surface area contributed by atoms with Crippen LogP contribution in [0.25, 0.3) is 0 Å². The minimum Gasteiger partial charge on any atom is -0.478 e. The first kappa shape index (κ1) is 37.0. The van der Waals surface area contributed by atoms with Crippen LogP contribution in [0.2, 0.25) is 0 Å². The van der Waals surface area contributed by atoms with Crippen molar-refractivity contribution in [3.05, 3.63) is 79.9 Å². The van der Waals surface area contributed by atoms with Gasteiger partial charge in [0.15, 0.2) is 0 Å². The van der Waals surface area contributed by atoms with Crippen LogP contribution in [0.1, 0.15) is 59.2 Å². The number of likely N-dealkylation sites (tertiary alicyclic amines) is 1. The fraction of sp³-hybridized carbons (Fsp3) is 0.448. The molecular weight excluding hydrogens is 707 g/mol. The second kappa shape index (κ2) is 18.6. The minimum atomic E-state index is -1.17. The number of nitro groups is 2. The molecule has 2 aliphatic rings. The number of nitrogens with zero attached hydrogens (tertiary/aromatic N) is 4. The second-order valence-corrected chi connectivity index (χ2v) is 12.0. The molecule has 246 valence electrons. The maximum atomic E-state index is 12.5. The number of benzene rings is 2. The molecule has 2 aliphatic heterocycles. The number of halogens is 1. The normalized spacial score (nSPS) is 17.8. The third-order valence-electron chi connectivity index (χ3n) is 6.97. The van der Waals surface area contributed by atoms with Gasteiger partial charge in [0.2, 0.25) is 0 Å². The summed E-state index contributed by atoms with van der Waals surface area (Å²) in [5, 5.41) is 29.4. The van der Waals surface area contributed by atoms with Crippen molar-refractivity contribution >= 4 is 35.2 Å². The predicted molar refractivity (Wildman–Crippen MR) is 156 cm³/mol. The number of carbonyl (C=O) groups is 4. The zero-order chi connectivity index (χ0) is 33.5. The number of rotatable bonds is 7. The number of nitro benzene ring substituents is 2. The number of hydrogen-bond acceptors (Lipinski definition) is 11. The number of carboxylic acids is 1. The van der Waals surface area contributed by atoms with E-state index in [2.05, 4.69) is 8.04 Å². The van der Waals surface area contributed by atoms with Crippen LogP contribution < -0.4 is 21.5 Å². The molecule has 2 atom stereocenters. The van der Waals surface area contributed by atoms with Crippen LogP contribution in [0.4, 0.5) is 11.4 Å². The molecule has 45 heavy (non-hydrogen) atoms. The topological polar surface area (TPSA) is 200 Å². The van der Waals surface area contributed by atoms with Gasteiger partial charge in [0.25, 0.3) is 17.3 Å². The molecule has 2 fully saturated rings. The summed E-state index contributed by atoms with van der Waals surface area (Å²) in [4.78, 5) is 69.3. The fourth-order valence-corrected chi connectivity index (χ4v) is 6.70. The van der Waals surface area contributed by atoms with Gasteiger partial charge in [-0.1, -0.05) is 12.1 Å². The molecule has 1 N–H and O–H groups in total. The Morgan fingerprint density at radius 3 is 1.80 bits per heavy atom. The molecule has 1 amide bonds. The van der Waals surface area contributed by atoms with E-state index in [-0.39, 0.29) is 61.9 Å². The summed E-state index contributed by atoms with van der Waals surface area (Å²) in [6.45, 7) is 1.53. The Hall–Kier alpha value is -4.19. The number of hydrogen-bond donors (Lipinski definition) is 1. The molecule has 0 aromatic heterocycles. The molecule has 4 rings (SSSR count). The van der Waals surface area contributed by atoms with Crippen molar-refractivity contribution in [1.29, 1.82) is 0 Å². The molecular formula is C29H36IN4O11-. The molecule has 16 heteroatoms. The Bertz CT molecular complexity index is 1340. The van der Waals surface area contributed by atoms with E-state index in [9.17, 15) is 39.4 Å². The van der Waals surface area contributed by atoms with Gasteiger partial charge in [-0.3, -0.25) is 25.0 Å². The first-order chi connectivity index (χ1) is 21.4. The molecule has 2 aromatic carbocycles. The zero-order valence-corrected chi connectivity index (χ0v) is 27.3. The first-order valence-corrected chi connectivity index (χ1v) is 17.0. The zero-order valence-electron chi connectivity index (χ0n) is 25.1. The fourth-order valence-electron chi connectivity index (χ4n) is 4.69. The van der Waals surface area contributed by atoms with Gasteiger partial charge < -0.3 is 14.7 Å². The summed E-state index contributed by atoms with van der Waals surface area (Å²) >= 11 is 0.0389. The van der Waals surface area contributed by atoms with Gasteiger partial charge >= 0.3 is 95.9 Å². The van der Waals surface area contributed by atoms with Crippen LogP contribution in [0.3, 0.4) is 0 Å². The summed E-state index contributed by atoms with van der Waals surface area (Å²) in [6.07, 6.45) is 5.58. The molecule has 0 bridgehead atoms. The van der Waals surface area contributed by atoms with Gasteiger partial charge in [0.1, 0.15) is 6.04 Å². The molecule has 15 nitrogen and oxygen atoms in total. The molecule has 2 unspecified atom stereocenters. The predicted octanol–water partition coefficient (Wildman–Crippen LogP) is 0.703. The minimum absolute atomic E-state index is 0.0389. The Morgan fingerprint density at radius 2 is 1.29 bits per heavy atom. The van der Waals surface area contributed by atoms with E-state index in [1.165, 1.54) is 74.4 Å². The molecule has 2 aromatic rings. The number of ether oxygens (including phenoxy) is 2. The summed E-state index contributed by atoms with van der Waals surface area (Å²) in [6, 6.07) is 9.87. The van der Waals surface area contributed by atoms with E-state index in [4.69, 9.17) is 14.6 Å². The molecule has 2 heterocycles. The number of carbonyl (C=O) groups excluding carboxylic acids is 3. The molecule has 2 saturated heterocycles. The van der Waals surface area contributed by atoms with Crippen molar-refractivity contribution in [3.8, 4) is 0 Å². The van der Waals surface area contributed by atoms with Crippen molar-refractivity contribution in [2.75, 3.05) is 32.2 Å². The van der Waals surface area contributed by atoms with Gasteiger partial charge in [-0.2, -0.15) is 0 Å². The van der Waals surface area contributed by atoms with Crippen molar-refractivity contribution < 1.29 is 65.1 Å². The first-order valence-electron chi connectivity index (χ1n) is 13.9. The Morgan fingerprint density at radius 1 is 0.800 bits per heavy atom. The molecule has 0 aliphatic carbocycles. The maximum absolute atomic E-state index is 12.5. The maximum Gasteiger partial charge on any atom is 0.335 e. The van der Waals surface area contributed by atoms with Crippen LogP contribution in [-0.4, -0.2) is 91.1 Å². The van der Waals surface area contributed by atoms with E-state index in [0.717, 1.165) is 31.9 Å². The van der Waals surface area contributed by atoms with Crippen LogP contribution in [0.15, 0.2) is 48.5 Å². The van der Waals surface area contributed by atoms with E-state index < -0.39 is 27.8 Å². The van der Waals surface area contributed by atoms with Gasteiger partial charge in [-0.15, -0.1) is 0 Å². The quantitative estimate of drug-likeness (QED) is 0.104. The smallest absolute Gasteiger partial charge is 0.335 e. The van der Waals surface area contributed by atoms with Crippen LogP contribution >= 0.6 is 0 Å². The SMILES string of the molecule is COC(=O)C1CCCCN1C(=O)c1cccc([N+](=O)[O-])c1.COC(=O)C1CCCCN1[I-]C.O=C(O)c1cccc([N+](=O)[O-])c1. The average Bonchev–Trinajstić information content (AvgIpc) is 3.07.